The van der Waals surface area contributed by atoms with Crippen LogP contribution in [0.3, 0.4) is 0 Å². The van der Waals surface area contributed by atoms with Gasteiger partial charge in [-0.1, -0.05) is 121 Å². The number of nitrogens with zero attached hydrogens (tertiary/aromatic N) is 3. The second-order valence-electron chi connectivity index (χ2n) is 13.3. The Labute approximate surface area is 299 Å². The van der Waals surface area contributed by atoms with Gasteiger partial charge in [0.1, 0.15) is 16.0 Å². The van der Waals surface area contributed by atoms with Crippen LogP contribution < -0.4 is 0 Å². The Hall–Kier alpha value is -6.14. The molecule has 0 amide bonds. The maximum Gasteiger partial charge on any atom is 0.166 e. The first kappa shape index (κ1) is 27.7. The van der Waals surface area contributed by atoms with Gasteiger partial charge in [0.15, 0.2) is 5.82 Å². The molecule has 0 bridgehead atoms. The Morgan fingerprint density at radius 2 is 1.10 bits per heavy atom. The molecule has 12 aromatic rings. The molecule has 4 heterocycles. The molecule has 0 aliphatic heterocycles. The van der Waals surface area contributed by atoms with Gasteiger partial charge in [0.2, 0.25) is 0 Å². The summed E-state index contributed by atoms with van der Waals surface area (Å²) in [5.41, 5.74) is 5.20. The van der Waals surface area contributed by atoms with Crippen molar-refractivity contribution in [2.75, 3.05) is 0 Å². The summed E-state index contributed by atoms with van der Waals surface area (Å²) in [5.74, 6) is 0.856. The van der Waals surface area contributed by atoms with Gasteiger partial charge in [-0.05, 0) is 62.6 Å². The average molecular weight is 684 g/mol. The summed E-state index contributed by atoms with van der Waals surface area (Å²) in [4.78, 5) is 12.1. The monoisotopic (exact) mass is 683 g/mol. The SMILES string of the molecule is c1ccc2cc(-c3nc4c(nc3-n3c5ccccc5c5c6ccccc6c6c7cc8ccccc8cc7sc6c53)sc3ccccc34)ccc2c1. The molecule has 51 heavy (non-hydrogen) atoms. The van der Waals surface area contributed by atoms with Crippen molar-refractivity contribution >= 4 is 117 Å². The average Bonchev–Trinajstić information content (AvgIpc) is 3.85. The molecule has 0 spiro atoms. The van der Waals surface area contributed by atoms with Crippen LogP contribution in [0.25, 0.3) is 112 Å². The van der Waals surface area contributed by atoms with Crippen molar-refractivity contribution in [1.82, 2.24) is 14.5 Å². The first-order chi connectivity index (χ1) is 25.3. The van der Waals surface area contributed by atoms with Gasteiger partial charge in [-0.15, -0.1) is 22.7 Å². The fourth-order valence-electron chi connectivity index (χ4n) is 8.28. The van der Waals surface area contributed by atoms with Gasteiger partial charge in [0.25, 0.3) is 0 Å². The number of fused-ring (bicyclic) bond motifs is 15. The lowest BCUT2D eigenvalue weighted by atomic mass is 9.98. The molecular formula is C46H25N3S2. The molecule has 0 N–H and O–H groups in total. The fourth-order valence-corrected chi connectivity index (χ4v) is 10.6. The van der Waals surface area contributed by atoms with Gasteiger partial charge >= 0.3 is 0 Å². The maximum atomic E-state index is 5.62. The van der Waals surface area contributed by atoms with Crippen molar-refractivity contribution in [2.24, 2.45) is 0 Å². The Kier molecular flexibility index (Phi) is 5.53. The molecule has 0 unspecified atom stereocenters. The van der Waals surface area contributed by atoms with Crippen LogP contribution in [0.5, 0.6) is 0 Å². The summed E-state index contributed by atoms with van der Waals surface area (Å²) >= 11 is 3.61. The quantitative estimate of drug-likeness (QED) is 0.182. The van der Waals surface area contributed by atoms with Crippen molar-refractivity contribution in [2.45, 2.75) is 0 Å². The zero-order chi connectivity index (χ0) is 33.2. The highest BCUT2D eigenvalue weighted by Gasteiger charge is 2.25. The highest BCUT2D eigenvalue weighted by molar-refractivity contribution is 7.27. The van der Waals surface area contributed by atoms with Crippen LogP contribution in [-0.4, -0.2) is 14.5 Å². The van der Waals surface area contributed by atoms with Gasteiger partial charge < -0.3 is 0 Å². The van der Waals surface area contributed by atoms with Crippen molar-refractivity contribution in [3.8, 4) is 17.1 Å². The standard InChI is InChI=1S/C46H25N3S2/c1-2-12-27-23-30(22-21-26(27)11-1)41-45(48-46-42(47-41)34-18-8-10-20-37(34)51-46)49-36-19-9-7-17-33(36)39-31-15-5-6-16-32(31)40-35-24-28-13-3-4-14-29(28)25-38(35)50-44(40)43(39)49/h1-25H. The lowest BCUT2D eigenvalue weighted by Gasteiger charge is -2.14. The normalized spacial score (nSPS) is 12.3. The zero-order valence-electron chi connectivity index (χ0n) is 27.1. The largest absolute Gasteiger partial charge is 0.290 e. The van der Waals surface area contributed by atoms with E-state index >= 15 is 0 Å². The first-order valence-corrected chi connectivity index (χ1v) is 18.8. The van der Waals surface area contributed by atoms with Gasteiger partial charge in [0, 0.05) is 41.9 Å². The molecule has 0 aliphatic rings. The third-order valence-corrected chi connectivity index (χ3v) is 12.8. The third-order valence-electron chi connectivity index (χ3n) is 10.5. The Morgan fingerprint density at radius 1 is 0.451 bits per heavy atom. The zero-order valence-corrected chi connectivity index (χ0v) is 28.7. The Balaban J connectivity index is 1.31. The lowest BCUT2D eigenvalue weighted by molar-refractivity contribution is 1.09. The molecule has 0 saturated heterocycles. The van der Waals surface area contributed by atoms with E-state index in [0.29, 0.717) is 0 Å². The number of hydrogen-bond donors (Lipinski definition) is 0. The van der Waals surface area contributed by atoms with E-state index in [1.54, 1.807) is 11.3 Å². The van der Waals surface area contributed by atoms with Gasteiger partial charge in [0.05, 0.1) is 15.7 Å². The van der Waals surface area contributed by atoms with Crippen LogP contribution in [0.2, 0.25) is 0 Å². The van der Waals surface area contributed by atoms with E-state index < -0.39 is 0 Å². The minimum absolute atomic E-state index is 0.856. The second-order valence-corrected chi connectivity index (χ2v) is 15.4. The van der Waals surface area contributed by atoms with Crippen molar-refractivity contribution < 1.29 is 0 Å². The summed E-state index contributed by atoms with van der Waals surface area (Å²) in [7, 11) is 0. The predicted octanol–water partition coefficient (Wildman–Crippen LogP) is 13.4. The Bertz CT molecular complexity index is 3440. The van der Waals surface area contributed by atoms with E-state index in [1.807, 2.05) is 11.3 Å². The fraction of sp³-hybridized carbons (Fsp3) is 0. The summed E-state index contributed by atoms with van der Waals surface area (Å²) in [5, 5.41) is 13.7. The third kappa shape index (κ3) is 3.82. The second kappa shape index (κ2) is 10.2. The topological polar surface area (TPSA) is 30.7 Å². The molecule has 3 nitrogen and oxygen atoms in total. The van der Waals surface area contributed by atoms with E-state index in [0.717, 1.165) is 38.3 Å². The van der Waals surface area contributed by atoms with Crippen molar-refractivity contribution in [3.63, 3.8) is 0 Å². The Morgan fingerprint density at radius 3 is 1.92 bits per heavy atom. The number of para-hydroxylation sites is 1. The molecular weight excluding hydrogens is 659 g/mol. The number of aromatic nitrogens is 3. The summed E-state index contributed by atoms with van der Waals surface area (Å²) < 4.78 is 6.18. The summed E-state index contributed by atoms with van der Waals surface area (Å²) in [6.07, 6.45) is 0. The smallest absolute Gasteiger partial charge is 0.166 e. The lowest BCUT2D eigenvalue weighted by Crippen LogP contribution is -2.03. The van der Waals surface area contributed by atoms with E-state index in [2.05, 4.69) is 156 Å². The molecule has 0 radical (unpaired) electrons. The molecule has 0 atom stereocenters. The molecule has 0 saturated carbocycles. The van der Waals surface area contributed by atoms with Crippen LogP contribution >= 0.6 is 22.7 Å². The maximum absolute atomic E-state index is 5.62. The molecule has 5 heteroatoms. The van der Waals surface area contributed by atoms with E-state index in [4.69, 9.17) is 9.97 Å². The van der Waals surface area contributed by atoms with Gasteiger partial charge in [-0.25, -0.2) is 9.97 Å². The van der Waals surface area contributed by atoms with Crippen LogP contribution in [0.1, 0.15) is 0 Å². The number of hydrogen-bond acceptors (Lipinski definition) is 4. The number of benzene rings is 8. The number of rotatable bonds is 2. The van der Waals surface area contributed by atoms with Crippen LogP contribution in [0.4, 0.5) is 0 Å². The number of thiophene rings is 2. The minimum Gasteiger partial charge on any atom is -0.290 e. The predicted molar refractivity (Wildman–Crippen MR) is 220 cm³/mol. The molecule has 8 aromatic carbocycles. The van der Waals surface area contributed by atoms with E-state index in [9.17, 15) is 0 Å². The molecule has 4 aromatic heterocycles. The van der Waals surface area contributed by atoms with Crippen LogP contribution in [-0.2, 0) is 0 Å². The minimum atomic E-state index is 0.856. The van der Waals surface area contributed by atoms with Gasteiger partial charge in [-0.2, -0.15) is 0 Å². The molecule has 236 valence electrons. The molecule has 0 fully saturated rings. The molecule has 12 rings (SSSR count). The summed E-state index contributed by atoms with van der Waals surface area (Å²) in [6.45, 7) is 0. The van der Waals surface area contributed by atoms with Crippen molar-refractivity contribution in [3.05, 3.63) is 152 Å². The highest BCUT2D eigenvalue weighted by Crippen LogP contribution is 2.49. The van der Waals surface area contributed by atoms with Crippen LogP contribution in [0.15, 0.2) is 152 Å². The van der Waals surface area contributed by atoms with E-state index in [-0.39, 0.29) is 0 Å². The molecule has 0 aliphatic carbocycles. The van der Waals surface area contributed by atoms with Crippen LogP contribution in [0, 0.1) is 0 Å². The highest BCUT2D eigenvalue weighted by atomic mass is 32.1. The first-order valence-electron chi connectivity index (χ1n) is 17.2. The summed E-state index contributed by atoms with van der Waals surface area (Å²) in [6, 6.07) is 55.0. The van der Waals surface area contributed by atoms with E-state index in [1.165, 1.54) is 73.5 Å². The van der Waals surface area contributed by atoms with Gasteiger partial charge in [-0.3, -0.25) is 4.57 Å². The van der Waals surface area contributed by atoms with Crippen molar-refractivity contribution in [1.29, 1.82) is 0 Å².